The van der Waals surface area contributed by atoms with Crippen LogP contribution in [0.4, 0.5) is 4.39 Å². The average Bonchev–Trinajstić information content (AvgIpc) is 3.18. The summed E-state index contributed by atoms with van der Waals surface area (Å²) >= 11 is 0. The molecule has 2 heterocycles. The van der Waals surface area contributed by atoms with Crippen LogP contribution in [-0.4, -0.2) is 25.7 Å². The fraction of sp³-hybridized carbons (Fsp3) is 0.348. The molecule has 2 bridgehead atoms. The van der Waals surface area contributed by atoms with Crippen molar-refractivity contribution in [3.05, 3.63) is 58.1 Å². The molecule has 3 aliphatic rings. The summed E-state index contributed by atoms with van der Waals surface area (Å²) in [6.07, 6.45) is 1.75. The SMILES string of the molecule is Cc1cc([C@](C)(O)C#Cc2cc3c(cc2F)C2CC(C2)c2c-3nc(C(N)=O)n2C)no1. The van der Waals surface area contributed by atoms with Gasteiger partial charge in [-0.25, -0.2) is 9.37 Å². The molecule has 158 valence electrons. The number of benzene rings is 1. The summed E-state index contributed by atoms with van der Waals surface area (Å²) in [5.41, 5.74) is 7.51. The van der Waals surface area contributed by atoms with E-state index in [1.807, 2.05) is 0 Å². The number of primary amides is 1. The number of imidazole rings is 1. The van der Waals surface area contributed by atoms with Gasteiger partial charge in [0.1, 0.15) is 17.3 Å². The van der Waals surface area contributed by atoms with Crippen molar-refractivity contribution in [3.8, 4) is 23.1 Å². The molecule has 0 unspecified atom stereocenters. The van der Waals surface area contributed by atoms with E-state index < -0.39 is 17.3 Å². The molecule has 3 aliphatic carbocycles. The Labute approximate surface area is 178 Å². The van der Waals surface area contributed by atoms with E-state index in [-0.39, 0.29) is 28.9 Å². The van der Waals surface area contributed by atoms with E-state index in [0.29, 0.717) is 11.5 Å². The highest BCUT2D eigenvalue weighted by Gasteiger charge is 2.42. The first-order valence-electron chi connectivity index (χ1n) is 10.0. The van der Waals surface area contributed by atoms with Crippen LogP contribution in [0.25, 0.3) is 11.3 Å². The van der Waals surface area contributed by atoms with E-state index in [1.54, 1.807) is 30.7 Å². The molecule has 0 radical (unpaired) electrons. The predicted molar refractivity (Wildman–Crippen MR) is 110 cm³/mol. The van der Waals surface area contributed by atoms with Crippen LogP contribution in [0.1, 0.15) is 70.5 Å². The Morgan fingerprint density at radius 2 is 2.10 bits per heavy atom. The van der Waals surface area contributed by atoms with Crippen LogP contribution < -0.4 is 5.73 Å². The standard InChI is InChI=1S/C23H21FN4O3/c1-11-6-18(27-31-11)23(2,30)5-4-12-9-16-15(10-17(12)24)13-7-14(8-13)20-19(16)26-22(21(25)29)28(20)3/h6,9-10,13-14,30H,7-8H2,1-3H3,(H2,25,29)/t13?,14?,23-/m1/s1. The first kappa shape index (κ1) is 19.5. The maximum Gasteiger partial charge on any atom is 0.284 e. The zero-order valence-electron chi connectivity index (χ0n) is 17.4. The van der Waals surface area contributed by atoms with Crippen LogP contribution in [-0.2, 0) is 12.6 Å². The molecule has 1 atom stereocenters. The number of aryl methyl sites for hydroxylation is 1. The minimum absolute atomic E-state index is 0.135. The summed E-state index contributed by atoms with van der Waals surface area (Å²) in [6, 6.07) is 4.74. The fourth-order valence-corrected chi connectivity index (χ4v) is 4.57. The number of hydrogen-bond donors (Lipinski definition) is 2. The molecule has 0 aliphatic heterocycles. The highest BCUT2D eigenvalue weighted by molar-refractivity contribution is 5.91. The van der Waals surface area contributed by atoms with Crippen molar-refractivity contribution in [2.24, 2.45) is 12.8 Å². The third-order valence-corrected chi connectivity index (χ3v) is 6.29. The number of carbonyl (C=O) groups excluding carboxylic acids is 1. The molecule has 3 N–H and O–H groups in total. The van der Waals surface area contributed by atoms with E-state index in [9.17, 15) is 14.3 Å². The first-order valence-corrected chi connectivity index (χ1v) is 10.0. The molecule has 1 saturated carbocycles. The predicted octanol–water partition coefficient (Wildman–Crippen LogP) is 2.86. The topological polar surface area (TPSA) is 107 Å². The normalized spacial score (nSPS) is 20.4. The van der Waals surface area contributed by atoms with Crippen LogP contribution >= 0.6 is 0 Å². The number of halogens is 1. The zero-order valence-corrected chi connectivity index (χ0v) is 17.4. The van der Waals surface area contributed by atoms with Gasteiger partial charge < -0.3 is 19.9 Å². The van der Waals surface area contributed by atoms with Gasteiger partial charge in [-0.1, -0.05) is 17.0 Å². The Morgan fingerprint density at radius 1 is 1.35 bits per heavy atom. The van der Waals surface area contributed by atoms with Gasteiger partial charge >= 0.3 is 0 Å². The van der Waals surface area contributed by atoms with Crippen LogP contribution in [0.3, 0.4) is 0 Å². The summed E-state index contributed by atoms with van der Waals surface area (Å²) < 4.78 is 21.7. The lowest BCUT2D eigenvalue weighted by Gasteiger charge is -2.34. The van der Waals surface area contributed by atoms with Crippen LogP contribution in [0.15, 0.2) is 22.7 Å². The van der Waals surface area contributed by atoms with Gasteiger partial charge in [-0.2, -0.15) is 0 Å². The minimum Gasteiger partial charge on any atom is -0.372 e. The molecule has 31 heavy (non-hydrogen) atoms. The van der Waals surface area contributed by atoms with E-state index in [0.717, 1.165) is 29.7 Å². The van der Waals surface area contributed by atoms with E-state index in [4.69, 9.17) is 10.3 Å². The number of amides is 1. The number of nitrogens with zero attached hydrogens (tertiary/aromatic N) is 3. The Kier molecular flexibility index (Phi) is 4.11. The average molecular weight is 420 g/mol. The number of hydrogen-bond acceptors (Lipinski definition) is 5. The molecule has 7 nitrogen and oxygen atoms in total. The number of nitrogens with two attached hydrogens (primary N) is 1. The van der Waals surface area contributed by atoms with Gasteiger partial charge in [-0.15, -0.1) is 0 Å². The Morgan fingerprint density at radius 3 is 2.74 bits per heavy atom. The number of carbonyl (C=O) groups is 1. The van der Waals surface area contributed by atoms with Crippen LogP contribution in [0.2, 0.25) is 0 Å². The first-order chi connectivity index (χ1) is 14.7. The molecular weight excluding hydrogens is 399 g/mol. The summed E-state index contributed by atoms with van der Waals surface area (Å²) in [4.78, 5) is 16.3. The Hall–Kier alpha value is -3.44. The molecular formula is C23H21FN4O3. The van der Waals surface area contributed by atoms with Crippen molar-refractivity contribution < 1.29 is 18.8 Å². The molecule has 1 fully saturated rings. The maximum atomic E-state index is 15.0. The van der Waals surface area contributed by atoms with Crippen LogP contribution in [0, 0.1) is 24.6 Å². The largest absolute Gasteiger partial charge is 0.372 e. The quantitative estimate of drug-likeness (QED) is 0.620. The van der Waals surface area contributed by atoms with Gasteiger partial charge in [0.15, 0.2) is 11.4 Å². The smallest absolute Gasteiger partial charge is 0.284 e. The molecule has 1 amide bonds. The van der Waals surface area contributed by atoms with Crippen molar-refractivity contribution in [1.29, 1.82) is 0 Å². The lowest BCUT2D eigenvalue weighted by atomic mass is 9.71. The maximum absolute atomic E-state index is 15.0. The van der Waals surface area contributed by atoms with Gasteiger partial charge in [-0.3, -0.25) is 4.79 Å². The third-order valence-electron chi connectivity index (χ3n) is 6.29. The second-order valence-electron chi connectivity index (χ2n) is 8.52. The van der Waals surface area contributed by atoms with Gasteiger partial charge in [0.2, 0.25) is 0 Å². The third kappa shape index (κ3) is 2.96. The fourth-order valence-electron chi connectivity index (χ4n) is 4.57. The highest BCUT2D eigenvalue weighted by atomic mass is 19.1. The Balaban J connectivity index is 1.64. The molecule has 1 aromatic carbocycles. The summed E-state index contributed by atoms with van der Waals surface area (Å²) in [6.45, 7) is 3.19. The van der Waals surface area contributed by atoms with Gasteiger partial charge in [0.25, 0.3) is 5.91 Å². The Bertz CT molecular complexity index is 1300. The lowest BCUT2D eigenvalue weighted by Crippen LogP contribution is -2.23. The van der Waals surface area contributed by atoms with E-state index in [2.05, 4.69) is 22.0 Å². The molecule has 8 heteroatoms. The molecule has 2 aromatic heterocycles. The molecule has 3 aromatic rings. The van der Waals surface area contributed by atoms with Crippen LogP contribution in [0.5, 0.6) is 0 Å². The van der Waals surface area contributed by atoms with Gasteiger partial charge in [0.05, 0.1) is 11.3 Å². The van der Waals surface area contributed by atoms with Crippen molar-refractivity contribution in [2.75, 3.05) is 0 Å². The molecule has 0 saturated heterocycles. The van der Waals surface area contributed by atoms with Crippen molar-refractivity contribution in [3.63, 3.8) is 0 Å². The van der Waals surface area contributed by atoms with E-state index in [1.165, 1.54) is 13.0 Å². The summed E-state index contributed by atoms with van der Waals surface area (Å²) in [5.74, 6) is 5.60. The zero-order chi connectivity index (χ0) is 22.1. The number of aromatic nitrogens is 3. The summed E-state index contributed by atoms with van der Waals surface area (Å²) in [5, 5.41) is 14.5. The second kappa shape index (κ2) is 6.53. The van der Waals surface area contributed by atoms with E-state index >= 15 is 0 Å². The van der Waals surface area contributed by atoms with Crippen molar-refractivity contribution >= 4 is 5.91 Å². The molecule has 6 rings (SSSR count). The van der Waals surface area contributed by atoms with Crippen molar-refractivity contribution in [2.45, 2.75) is 44.1 Å². The number of aliphatic hydroxyl groups is 1. The minimum atomic E-state index is -1.60. The molecule has 0 spiro atoms. The van der Waals surface area contributed by atoms with Crippen molar-refractivity contribution in [1.82, 2.24) is 14.7 Å². The van der Waals surface area contributed by atoms with Gasteiger partial charge in [-0.05, 0) is 50.3 Å². The summed E-state index contributed by atoms with van der Waals surface area (Å²) in [7, 11) is 1.78. The monoisotopic (exact) mass is 420 g/mol. The lowest BCUT2D eigenvalue weighted by molar-refractivity contribution is 0.0986. The highest BCUT2D eigenvalue weighted by Crippen LogP contribution is 2.55. The second-order valence-corrected chi connectivity index (χ2v) is 8.52. The van der Waals surface area contributed by atoms with Gasteiger partial charge in [0, 0.05) is 30.3 Å². The number of rotatable bonds is 2.